The fourth-order valence-corrected chi connectivity index (χ4v) is 8.25. The van der Waals surface area contributed by atoms with Crippen molar-refractivity contribution in [2.45, 2.75) is 36.5 Å². The van der Waals surface area contributed by atoms with E-state index in [1.165, 1.54) is 54.9 Å². The van der Waals surface area contributed by atoms with Crippen molar-refractivity contribution in [3.8, 4) is 11.1 Å². The summed E-state index contributed by atoms with van der Waals surface area (Å²) in [5, 5.41) is 4.99. The second kappa shape index (κ2) is 5.85. The van der Waals surface area contributed by atoms with Gasteiger partial charge in [0.15, 0.2) is 5.78 Å². The molecule has 1 saturated carbocycles. The molecule has 0 aliphatic heterocycles. The van der Waals surface area contributed by atoms with Crippen LogP contribution in [0.5, 0.6) is 0 Å². The lowest BCUT2D eigenvalue weighted by atomic mass is 9.56. The third-order valence-corrected chi connectivity index (χ3v) is 9.37. The largest absolute Gasteiger partial charge is 0.298 e. The van der Waals surface area contributed by atoms with Crippen molar-refractivity contribution in [1.82, 2.24) is 0 Å². The molecule has 0 radical (unpaired) electrons. The molecule has 4 atom stereocenters. The predicted molar refractivity (Wildman–Crippen MR) is 139 cm³/mol. The Bertz CT molecular complexity index is 1600. The second-order valence-corrected chi connectivity index (χ2v) is 10.7. The van der Waals surface area contributed by atoms with Crippen molar-refractivity contribution in [3.63, 3.8) is 0 Å². The number of hydrogen-bond donors (Lipinski definition) is 0. The highest BCUT2D eigenvalue weighted by atomic mass is 16.1. The summed E-state index contributed by atoms with van der Waals surface area (Å²) in [5.41, 5.74) is 6.63. The summed E-state index contributed by atoms with van der Waals surface area (Å²) in [5.74, 6) is 0.652. The first-order valence-electron chi connectivity index (χ1n) is 12.3. The van der Waals surface area contributed by atoms with Gasteiger partial charge in [-0.1, -0.05) is 97.1 Å². The maximum atomic E-state index is 14.7. The minimum Gasteiger partial charge on any atom is -0.298 e. The normalized spacial score (nSPS) is 28.0. The highest BCUT2D eigenvalue weighted by Crippen LogP contribution is 2.74. The molecule has 0 N–H and O–H groups in total. The van der Waals surface area contributed by atoms with E-state index in [0.29, 0.717) is 5.78 Å². The Kier molecular flexibility index (Phi) is 3.22. The molecule has 3 aliphatic rings. The predicted octanol–water partition coefficient (Wildman–Crippen LogP) is 7.65. The highest BCUT2D eigenvalue weighted by molar-refractivity contribution is 6.21. The van der Waals surface area contributed by atoms with Gasteiger partial charge in [-0.2, -0.15) is 0 Å². The Morgan fingerprint density at radius 1 is 0.500 bits per heavy atom. The molecule has 2 bridgehead atoms. The number of fused-ring (bicyclic) bond motifs is 18. The van der Waals surface area contributed by atoms with E-state index in [4.69, 9.17) is 0 Å². The van der Waals surface area contributed by atoms with Crippen LogP contribution in [-0.2, 0) is 15.6 Å². The third-order valence-electron chi connectivity index (χ3n) is 9.37. The zero-order valence-electron chi connectivity index (χ0n) is 19.3. The number of Topliss-reactive ketones (excluding diaryl/α,β-unsaturated/α-hetero) is 1. The summed E-state index contributed by atoms with van der Waals surface area (Å²) >= 11 is 0. The minimum atomic E-state index is -0.567. The fraction of sp³-hybridized carbons (Fsp3) is 0.182. The second-order valence-electron chi connectivity index (χ2n) is 10.7. The van der Waals surface area contributed by atoms with Crippen molar-refractivity contribution in [3.05, 3.63) is 119 Å². The van der Waals surface area contributed by atoms with Crippen molar-refractivity contribution in [1.29, 1.82) is 0 Å². The van der Waals surface area contributed by atoms with Crippen LogP contribution in [0, 0.1) is 0 Å². The van der Waals surface area contributed by atoms with Crippen LogP contribution in [0.1, 0.15) is 47.9 Å². The van der Waals surface area contributed by atoms with E-state index in [-0.39, 0.29) is 11.8 Å². The Hall–Kier alpha value is -3.71. The lowest BCUT2D eigenvalue weighted by Gasteiger charge is -2.45. The molecule has 0 heterocycles. The molecular formula is C33H24O. The Balaban J connectivity index is 1.61. The van der Waals surface area contributed by atoms with Crippen LogP contribution >= 0.6 is 0 Å². The van der Waals surface area contributed by atoms with Gasteiger partial charge in [0.2, 0.25) is 0 Å². The van der Waals surface area contributed by atoms with Crippen molar-refractivity contribution < 1.29 is 4.79 Å². The fourth-order valence-electron chi connectivity index (χ4n) is 8.25. The van der Waals surface area contributed by atoms with Gasteiger partial charge >= 0.3 is 0 Å². The van der Waals surface area contributed by atoms with Gasteiger partial charge in [0.1, 0.15) is 0 Å². The molecule has 8 rings (SSSR count). The summed E-state index contributed by atoms with van der Waals surface area (Å²) in [7, 11) is 0. The molecule has 0 amide bonds. The van der Waals surface area contributed by atoms with Gasteiger partial charge in [-0.25, -0.2) is 0 Å². The zero-order chi connectivity index (χ0) is 22.8. The number of ketones is 1. The Labute approximate surface area is 199 Å². The molecule has 0 unspecified atom stereocenters. The van der Waals surface area contributed by atoms with Gasteiger partial charge in [0.05, 0.1) is 10.8 Å². The van der Waals surface area contributed by atoms with Gasteiger partial charge in [-0.05, 0) is 68.8 Å². The molecule has 5 aromatic rings. The van der Waals surface area contributed by atoms with Crippen molar-refractivity contribution >= 4 is 27.3 Å². The highest BCUT2D eigenvalue weighted by Gasteiger charge is 2.73. The summed E-state index contributed by atoms with van der Waals surface area (Å²) in [6.45, 7) is 4.49. The Morgan fingerprint density at radius 3 is 1.29 bits per heavy atom. The topological polar surface area (TPSA) is 17.1 Å². The third kappa shape index (κ3) is 1.80. The lowest BCUT2D eigenvalue weighted by molar-refractivity contribution is -0.124. The van der Waals surface area contributed by atoms with Crippen LogP contribution < -0.4 is 0 Å². The zero-order valence-corrected chi connectivity index (χ0v) is 19.3. The molecule has 1 fully saturated rings. The summed E-state index contributed by atoms with van der Waals surface area (Å²) < 4.78 is 0. The van der Waals surface area contributed by atoms with Crippen LogP contribution in [-0.4, -0.2) is 5.78 Å². The standard InChI is InChI=1S/C33H24O/c1-32-27-23-15-7-3-11-19(23)21-13-5-9-17-25(21)29(27)33(2,31(32)34)30-26-18-10-6-14-22(26)20-12-4-8-16-24(20)28(30)32/h3-18,27,29H,1-2H3/t27-,29-,32-,33+/m1/s1. The average molecular weight is 437 g/mol. The van der Waals surface area contributed by atoms with Gasteiger partial charge in [-0.3, -0.25) is 4.79 Å². The van der Waals surface area contributed by atoms with Gasteiger partial charge in [-0.15, -0.1) is 0 Å². The van der Waals surface area contributed by atoms with E-state index >= 15 is 0 Å². The van der Waals surface area contributed by atoms with Crippen LogP contribution in [0.25, 0.3) is 32.7 Å². The van der Waals surface area contributed by atoms with Gasteiger partial charge < -0.3 is 0 Å². The summed E-state index contributed by atoms with van der Waals surface area (Å²) in [4.78, 5) is 14.7. The molecule has 0 saturated heterocycles. The molecule has 162 valence electrons. The van der Waals surface area contributed by atoms with E-state index in [1.807, 2.05) is 0 Å². The average Bonchev–Trinajstić information content (AvgIpc) is 3.19. The molecule has 0 spiro atoms. The van der Waals surface area contributed by atoms with Crippen LogP contribution in [0.2, 0.25) is 0 Å². The van der Waals surface area contributed by atoms with E-state index < -0.39 is 10.8 Å². The van der Waals surface area contributed by atoms with E-state index in [1.54, 1.807) is 0 Å². The summed E-state index contributed by atoms with van der Waals surface area (Å²) in [6, 6.07) is 35.0. The smallest absolute Gasteiger partial charge is 0.154 e. The first-order valence-corrected chi connectivity index (χ1v) is 12.3. The number of benzene rings is 5. The number of hydrogen-bond acceptors (Lipinski definition) is 1. The molecule has 5 aromatic carbocycles. The first-order chi connectivity index (χ1) is 16.6. The number of carbonyl (C=O) groups excluding carboxylic acids is 1. The monoisotopic (exact) mass is 436 g/mol. The maximum absolute atomic E-state index is 14.7. The van der Waals surface area contributed by atoms with Crippen LogP contribution in [0.15, 0.2) is 97.1 Å². The number of carbonyl (C=O) groups is 1. The van der Waals surface area contributed by atoms with Crippen LogP contribution in [0.4, 0.5) is 0 Å². The number of rotatable bonds is 0. The molecule has 1 nitrogen and oxygen atoms in total. The van der Waals surface area contributed by atoms with Gasteiger partial charge in [0, 0.05) is 11.8 Å². The van der Waals surface area contributed by atoms with Crippen molar-refractivity contribution in [2.24, 2.45) is 0 Å². The molecule has 3 aliphatic carbocycles. The Morgan fingerprint density at radius 2 is 0.853 bits per heavy atom. The van der Waals surface area contributed by atoms with E-state index in [0.717, 1.165) is 0 Å². The molecule has 1 heteroatoms. The van der Waals surface area contributed by atoms with Crippen molar-refractivity contribution in [2.75, 3.05) is 0 Å². The maximum Gasteiger partial charge on any atom is 0.154 e. The first kappa shape index (κ1) is 18.7. The van der Waals surface area contributed by atoms with E-state index in [2.05, 4.69) is 111 Å². The quantitative estimate of drug-likeness (QED) is 0.228. The summed E-state index contributed by atoms with van der Waals surface area (Å²) in [6.07, 6.45) is 0. The molecule has 34 heavy (non-hydrogen) atoms. The SMILES string of the molecule is C[C@]12C(=O)[C@](C)(c3c1c1ccccc1c1ccccc31)[C@@H]1c3ccccc3-c3ccccc3[C@H]12. The lowest BCUT2D eigenvalue weighted by Crippen LogP contribution is -2.36. The minimum absolute atomic E-state index is 0.133. The van der Waals surface area contributed by atoms with Gasteiger partial charge in [0.25, 0.3) is 0 Å². The van der Waals surface area contributed by atoms with E-state index in [9.17, 15) is 4.79 Å². The molecular weight excluding hydrogens is 412 g/mol. The van der Waals surface area contributed by atoms with Crippen LogP contribution in [0.3, 0.4) is 0 Å². The molecule has 0 aromatic heterocycles.